The highest BCUT2D eigenvalue weighted by Gasteiger charge is 2.21. The maximum absolute atomic E-state index is 8.77. The first-order valence-corrected chi connectivity index (χ1v) is 6.32. The van der Waals surface area contributed by atoms with E-state index in [1.807, 2.05) is 0 Å². The number of nitrogens with zero attached hydrogens (tertiary/aromatic N) is 2. The van der Waals surface area contributed by atoms with E-state index in [4.69, 9.17) is 10.3 Å². The molecule has 1 heterocycles. The Morgan fingerprint density at radius 2 is 2.06 bits per heavy atom. The van der Waals surface area contributed by atoms with E-state index in [1.54, 1.807) is 0 Å². The van der Waals surface area contributed by atoms with Gasteiger partial charge in [0.2, 0.25) is 0 Å². The number of aliphatic hydroxyl groups is 1. The molecule has 0 aliphatic carbocycles. The number of rotatable bonds is 6. The molecule has 0 radical (unpaired) electrons. The zero-order chi connectivity index (χ0) is 11.8. The molecule has 0 aromatic rings. The van der Waals surface area contributed by atoms with Crippen molar-refractivity contribution in [3.8, 4) is 0 Å². The van der Waals surface area contributed by atoms with Crippen LogP contribution in [0.3, 0.4) is 0 Å². The van der Waals surface area contributed by atoms with E-state index in [0.29, 0.717) is 12.5 Å². The minimum absolute atomic E-state index is 0.317. The van der Waals surface area contributed by atoms with Crippen LogP contribution in [0.4, 0.5) is 0 Å². The largest absolute Gasteiger partial charge is 0.411 e. The van der Waals surface area contributed by atoms with Gasteiger partial charge in [0.1, 0.15) is 0 Å². The molecule has 0 saturated carbocycles. The van der Waals surface area contributed by atoms with E-state index >= 15 is 0 Å². The van der Waals surface area contributed by atoms with E-state index in [9.17, 15) is 0 Å². The average Bonchev–Trinajstić information content (AvgIpc) is 2.29. The van der Waals surface area contributed by atoms with Crippen LogP contribution in [0.2, 0.25) is 0 Å². The Kier molecular flexibility index (Phi) is 6.42. The molecule has 94 valence electrons. The first-order valence-electron chi connectivity index (χ1n) is 6.32. The fraction of sp³-hybridized carbons (Fsp3) is 0.917. The molecule has 1 aliphatic rings. The van der Waals surface area contributed by atoms with Crippen molar-refractivity contribution >= 4 is 5.71 Å². The Balaban J connectivity index is 2.11. The lowest BCUT2D eigenvalue weighted by atomic mass is 9.97. The molecule has 16 heavy (non-hydrogen) atoms. The number of likely N-dealkylation sites (tertiary alicyclic amines) is 1. The summed E-state index contributed by atoms with van der Waals surface area (Å²) in [5.41, 5.74) is 0.941. The summed E-state index contributed by atoms with van der Waals surface area (Å²) in [5, 5.41) is 20.8. The smallest absolute Gasteiger partial charge is 0.0624 e. The van der Waals surface area contributed by atoms with Crippen molar-refractivity contribution in [3.05, 3.63) is 0 Å². The van der Waals surface area contributed by atoms with Crippen LogP contribution in [0.25, 0.3) is 0 Å². The normalized spacial score (nSPS) is 25.1. The van der Waals surface area contributed by atoms with Gasteiger partial charge in [-0.15, -0.1) is 0 Å². The molecule has 2 N–H and O–H groups in total. The fourth-order valence-corrected chi connectivity index (χ4v) is 2.26. The molecular formula is C12H24N2O2. The van der Waals surface area contributed by atoms with E-state index in [1.165, 1.54) is 12.8 Å². The van der Waals surface area contributed by atoms with E-state index in [0.717, 1.165) is 44.6 Å². The predicted octanol–water partition coefficient (Wildman–Crippen LogP) is 1.71. The topological polar surface area (TPSA) is 56.1 Å². The van der Waals surface area contributed by atoms with Gasteiger partial charge in [-0.1, -0.05) is 24.9 Å². The fourth-order valence-electron chi connectivity index (χ4n) is 2.26. The maximum Gasteiger partial charge on any atom is 0.0624 e. The summed E-state index contributed by atoms with van der Waals surface area (Å²) in [6.07, 6.45) is 5.36. The van der Waals surface area contributed by atoms with E-state index in [-0.39, 0.29) is 0 Å². The van der Waals surface area contributed by atoms with Gasteiger partial charge in [-0.05, 0) is 19.4 Å². The molecule has 1 fully saturated rings. The number of piperidine rings is 1. The van der Waals surface area contributed by atoms with Crippen molar-refractivity contribution in [1.82, 2.24) is 4.90 Å². The molecule has 4 heteroatoms. The van der Waals surface area contributed by atoms with Gasteiger partial charge in [0.05, 0.1) is 5.71 Å². The zero-order valence-electron chi connectivity index (χ0n) is 10.2. The first kappa shape index (κ1) is 13.5. The summed E-state index contributed by atoms with van der Waals surface area (Å²) in [5.74, 6) is 0.385. The number of aliphatic hydroxyl groups excluding tert-OH is 1. The highest BCUT2D eigenvalue weighted by molar-refractivity contribution is 5.86. The van der Waals surface area contributed by atoms with Crippen LogP contribution in [0.5, 0.6) is 0 Å². The third-order valence-electron chi connectivity index (χ3n) is 3.30. The molecule has 0 amide bonds. The zero-order valence-corrected chi connectivity index (χ0v) is 10.2. The second-order valence-electron chi connectivity index (χ2n) is 4.68. The maximum atomic E-state index is 8.77. The van der Waals surface area contributed by atoms with Crippen LogP contribution in [0.1, 0.15) is 39.0 Å². The Bertz CT molecular complexity index is 219. The standard InChI is InChI=1S/C12H24N2O2/c1-11-10-14(8-6-12(11)13-16)7-4-2-3-5-9-15/h11,15-16H,2-10H2,1H3. The quantitative estimate of drug-likeness (QED) is 0.413. The molecule has 0 aromatic carbocycles. The van der Waals surface area contributed by atoms with Gasteiger partial charge < -0.3 is 15.2 Å². The molecule has 1 unspecified atom stereocenters. The van der Waals surface area contributed by atoms with Crippen molar-refractivity contribution in [2.45, 2.75) is 39.0 Å². The molecule has 1 saturated heterocycles. The van der Waals surface area contributed by atoms with Crippen LogP contribution >= 0.6 is 0 Å². The number of hydrogen-bond acceptors (Lipinski definition) is 4. The Hall–Kier alpha value is -0.610. The molecule has 0 bridgehead atoms. The molecule has 4 nitrogen and oxygen atoms in total. The summed E-state index contributed by atoms with van der Waals surface area (Å²) >= 11 is 0. The molecule has 1 aliphatic heterocycles. The van der Waals surface area contributed by atoms with Gasteiger partial charge in [-0.25, -0.2) is 0 Å². The predicted molar refractivity (Wildman–Crippen MR) is 65.0 cm³/mol. The van der Waals surface area contributed by atoms with Crippen molar-refractivity contribution in [1.29, 1.82) is 0 Å². The average molecular weight is 228 g/mol. The Labute approximate surface area is 97.9 Å². The van der Waals surface area contributed by atoms with E-state index < -0.39 is 0 Å². The SMILES string of the molecule is CC1CN(CCCCCCO)CCC1=NO. The highest BCUT2D eigenvalue weighted by Crippen LogP contribution is 2.14. The molecule has 1 rings (SSSR count). The second-order valence-corrected chi connectivity index (χ2v) is 4.68. The van der Waals surface area contributed by atoms with Gasteiger partial charge in [0.25, 0.3) is 0 Å². The lowest BCUT2D eigenvalue weighted by Crippen LogP contribution is -2.40. The van der Waals surface area contributed by atoms with Crippen LogP contribution < -0.4 is 0 Å². The molecule has 1 atom stereocenters. The van der Waals surface area contributed by atoms with Crippen molar-refractivity contribution in [2.24, 2.45) is 11.1 Å². The minimum Gasteiger partial charge on any atom is -0.411 e. The summed E-state index contributed by atoms with van der Waals surface area (Å²) in [6, 6.07) is 0. The second kappa shape index (κ2) is 7.63. The molecule has 0 spiro atoms. The number of oxime groups is 1. The molecular weight excluding hydrogens is 204 g/mol. The minimum atomic E-state index is 0.317. The van der Waals surface area contributed by atoms with Gasteiger partial charge in [-0.3, -0.25) is 0 Å². The monoisotopic (exact) mass is 228 g/mol. The first-order chi connectivity index (χ1) is 7.77. The van der Waals surface area contributed by atoms with Gasteiger partial charge in [0, 0.05) is 32.0 Å². The van der Waals surface area contributed by atoms with Gasteiger partial charge in [-0.2, -0.15) is 0 Å². The van der Waals surface area contributed by atoms with Gasteiger partial charge >= 0.3 is 0 Å². The lowest BCUT2D eigenvalue weighted by Gasteiger charge is -2.31. The Morgan fingerprint density at radius 3 is 2.69 bits per heavy atom. The van der Waals surface area contributed by atoms with Crippen LogP contribution in [-0.4, -0.2) is 47.2 Å². The van der Waals surface area contributed by atoms with Crippen molar-refractivity contribution in [2.75, 3.05) is 26.2 Å². The highest BCUT2D eigenvalue weighted by atomic mass is 16.4. The third-order valence-corrected chi connectivity index (χ3v) is 3.30. The Morgan fingerprint density at radius 1 is 1.31 bits per heavy atom. The molecule has 0 aromatic heterocycles. The lowest BCUT2D eigenvalue weighted by molar-refractivity contribution is 0.229. The van der Waals surface area contributed by atoms with Crippen molar-refractivity contribution in [3.63, 3.8) is 0 Å². The third kappa shape index (κ3) is 4.49. The summed E-state index contributed by atoms with van der Waals surface area (Å²) in [4.78, 5) is 2.44. The summed E-state index contributed by atoms with van der Waals surface area (Å²) in [6.45, 7) is 5.60. The van der Waals surface area contributed by atoms with Gasteiger partial charge in [0.15, 0.2) is 0 Å². The number of unbranched alkanes of at least 4 members (excludes halogenated alkanes) is 3. The summed E-state index contributed by atoms with van der Waals surface area (Å²) < 4.78 is 0. The van der Waals surface area contributed by atoms with E-state index in [2.05, 4.69) is 17.0 Å². The van der Waals surface area contributed by atoms with Crippen LogP contribution in [0, 0.1) is 5.92 Å². The van der Waals surface area contributed by atoms with Crippen LogP contribution in [-0.2, 0) is 0 Å². The summed E-state index contributed by atoms with van der Waals surface area (Å²) in [7, 11) is 0. The van der Waals surface area contributed by atoms with Crippen LogP contribution in [0.15, 0.2) is 5.16 Å². The van der Waals surface area contributed by atoms with Crippen molar-refractivity contribution < 1.29 is 10.3 Å². The number of hydrogen-bond donors (Lipinski definition) is 2.